The first-order valence-electron chi connectivity index (χ1n) is 27.5. The van der Waals surface area contributed by atoms with E-state index in [1.54, 1.807) is 0 Å². The van der Waals surface area contributed by atoms with Gasteiger partial charge in [0.1, 0.15) is 0 Å². The lowest BCUT2D eigenvalue weighted by Crippen LogP contribution is -2.38. The molecule has 9 aromatic rings. The highest BCUT2D eigenvalue weighted by atomic mass is 14.6. The second-order valence-electron chi connectivity index (χ2n) is 23.6. The van der Waals surface area contributed by atoms with Gasteiger partial charge in [0.15, 0.2) is 0 Å². The second-order valence-corrected chi connectivity index (χ2v) is 23.6. The summed E-state index contributed by atoms with van der Waals surface area (Å²) in [5, 5.41) is 0. The SMILES string of the molecule is C1=CC2c3ccc4cc3C3(c5cc(ccc5C5C=CC=CC53)-c3ccc5c(c3)C36c7cc(ccc7-c7ccc-4cc73)C3=CC4C(C=C3)c3ccccc3C43c4ccccc4-c4ccc(cc43)-c3ccc-5c6c3)C2C=C1. The Kier molecular flexibility index (Phi) is 6.67. The summed E-state index contributed by atoms with van der Waals surface area (Å²) in [6.45, 7) is 0. The van der Waals surface area contributed by atoms with Gasteiger partial charge in [-0.15, -0.1) is 0 Å². The Morgan fingerprint density at radius 1 is 0.280 bits per heavy atom. The lowest BCUT2D eigenvalue weighted by atomic mass is 9.61. The van der Waals surface area contributed by atoms with Crippen molar-refractivity contribution in [3.05, 3.63) is 315 Å². The van der Waals surface area contributed by atoms with Crippen molar-refractivity contribution in [1.82, 2.24) is 0 Å². The smallest absolute Gasteiger partial charge is 0.0726 e. The fourth-order valence-corrected chi connectivity index (χ4v) is 18.5. The molecule has 0 heteroatoms. The third-order valence-electron chi connectivity index (χ3n) is 21.2. The van der Waals surface area contributed by atoms with Crippen LogP contribution in [0.2, 0.25) is 0 Å². The number of fused-ring (bicyclic) bond motifs is 21. The molecule has 9 unspecified atom stereocenters. The molecule has 0 nitrogen and oxygen atoms in total. The molecule has 9 aromatic carbocycles. The number of hydrogen-bond acceptors (Lipinski definition) is 0. The van der Waals surface area contributed by atoms with Crippen LogP contribution < -0.4 is 0 Å². The lowest BCUT2D eigenvalue weighted by Gasteiger charge is -2.41. The molecular weight excluding hydrogens is 901 g/mol. The highest BCUT2D eigenvalue weighted by molar-refractivity contribution is 6.00. The normalized spacial score (nSPS) is 28.2. The molecule has 0 aliphatic heterocycles. The summed E-state index contributed by atoms with van der Waals surface area (Å²) in [5.41, 5.74) is 34.6. The molecule has 0 aromatic heterocycles. The fraction of sp³-hybridized carbons (Fsp3) is 0.120. The number of allylic oxidation sites excluding steroid dienone is 12. The van der Waals surface area contributed by atoms with E-state index in [4.69, 9.17) is 0 Å². The summed E-state index contributed by atoms with van der Waals surface area (Å²) in [5.74, 6) is 1.76. The van der Waals surface area contributed by atoms with Gasteiger partial charge in [-0.2, -0.15) is 0 Å². The first-order valence-corrected chi connectivity index (χ1v) is 27.5. The van der Waals surface area contributed by atoms with E-state index in [2.05, 4.69) is 243 Å². The van der Waals surface area contributed by atoms with Crippen LogP contribution in [0.5, 0.6) is 0 Å². The van der Waals surface area contributed by atoms with E-state index >= 15 is 0 Å². The van der Waals surface area contributed by atoms with Crippen LogP contribution in [0, 0.1) is 17.8 Å². The molecule has 0 saturated carbocycles. The van der Waals surface area contributed by atoms with Gasteiger partial charge in [0, 0.05) is 40.9 Å². The second kappa shape index (κ2) is 12.8. The van der Waals surface area contributed by atoms with Gasteiger partial charge in [-0.25, -0.2) is 0 Å². The molecule has 16 bridgehead atoms. The quantitative estimate of drug-likeness (QED) is 0.142. The van der Waals surface area contributed by atoms with Gasteiger partial charge in [-0.1, -0.05) is 200 Å². The molecular formula is C75H46. The third kappa shape index (κ3) is 4.16. The molecule has 75 heavy (non-hydrogen) atoms. The Balaban J connectivity index is 0.910. The Morgan fingerprint density at radius 3 is 1.25 bits per heavy atom. The predicted molar refractivity (Wildman–Crippen MR) is 304 cm³/mol. The van der Waals surface area contributed by atoms with Crippen LogP contribution in [0.3, 0.4) is 0 Å². The predicted octanol–water partition coefficient (Wildman–Crippen LogP) is 17.3. The Labute approximate surface area is 436 Å². The molecule has 0 heterocycles. The van der Waals surface area contributed by atoms with Crippen molar-refractivity contribution in [3.8, 4) is 66.8 Å². The molecule has 0 amide bonds. The van der Waals surface area contributed by atoms with E-state index in [0.717, 1.165) is 0 Å². The fourth-order valence-electron chi connectivity index (χ4n) is 18.5. The van der Waals surface area contributed by atoms with Crippen molar-refractivity contribution in [2.45, 2.75) is 34.0 Å². The zero-order chi connectivity index (χ0) is 48.3. The molecule has 20 rings (SSSR count). The van der Waals surface area contributed by atoms with Gasteiger partial charge in [-0.3, -0.25) is 0 Å². The maximum absolute atomic E-state index is 2.69. The topological polar surface area (TPSA) is 0 Å². The highest BCUT2D eigenvalue weighted by Crippen LogP contribution is 2.71. The molecule has 11 aliphatic carbocycles. The average molecular weight is 947 g/mol. The first-order chi connectivity index (χ1) is 37.1. The zero-order valence-electron chi connectivity index (χ0n) is 41.1. The summed E-state index contributed by atoms with van der Waals surface area (Å²) in [6, 6.07) is 71.6. The molecule has 0 N–H and O–H groups in total. The number of benzene rings is 9. The van der Waals surface area contributed by atoms with Crippen molar-refractivity contribution in [2.75, 3.05) is 0 Å². The van der Waals surface area contributed by atoms with Crippen LogP contribution >= 0.6 is 0 Å². The van der Waals surface area contributed by atoms with E-state index in [1.807, 2.05) is 0 Å². The summed E-state index contributed by atoms with van der Waals surface area (Å²) in [4.78, 5) is 0. The lowest BCUT2D eigenvalue weighted by molar-refractivity contribution is 0.312. The van der Waals surface area contributed by atoms with E-state index < -0.39 is 5.41 Å². The Morgan fingerprint density at radius 2 is 0.680 bits per heavy atom. The van der Waals surface area contributed by atoms with Crippen LogP contribution in [0.4, 0.5) is 0 Å². The van der Waals surface area contributed by atoms with Gasteiger partial charge >= 0.3 is 0 Å². The molecule has 0 radical (unpaired) electrons. The van der Waals surface area contributed by atoms with Crippen molar-refractivity contribution in [1.29, 1.82) is 0 Å². The van der Waals surface area contributed by atoms with Crippen molar-refractivity contribution in [2.24, 2.45) is 17.8 Å². The minimum absolute atomic E-state index is 0.203. The minimum atomic E-state index is -0.574. The van der Waals surface area contributed by atoms with Crippen LogP contribution in [0.1, 0.15) is 90.1 Å². The Bertz CT molecular complexity index is 4370. The first kappa shape index (κ1) is 39.0. The minimum Gasteiger partial charge on any atom is -0.0793 e. The van der Waals surface area contributed by atoms with Gasteiger partial charge in [0.05, 0.1) is 10.8 Å². The monoisotopic (exact) mass is 946 g/mol. The maximum Gasteiger partial charge on any atom is 0.0726 e. The van der Waals surface area contributed by atoms with E-state index in [9.17, 15) is 0 Å². The summed E-state index contributed by atoms with van der Waals surface area (Å²) in [7, 11) is 0. The molecule has 9 atom stereocenters. The van der Waals surface area contributed by atoms with E-state index in [0.29, 0.717) is 23.7 Å². The van der Waals surface area contributed by atoms with Crippen LogP contribution in [0.15, 0.2) is 243 Å². The molecule has 0 saturated heterocycles. The van der Waals surface area contributed by atoms with Gasteiger partial charge in [0.25, 0.3) is 0 Å². The number of hydrogen-bond donors (Lipinski definition) is 0. The van der Waals surface area contributed by atoms with E-state index in [-0.39, 0.29) is 22.7 Å². The number of rotatable bonds is 0. The van der Waals surface area contributed by atoms with Crippen LogP contribution in [-0.4, -0.2) is 0 Å². The molecule has 11 aliphatic rings. The van der Waals surface area contributed by atoms with Gasteiger partial charge in [-0.05, 0) is 187 Å². The van der Waals surface area contributed by atoms with Gasteiger partial charge < -0.3 is 0 Å². The van der Waals surface area contributed by atoms with Crippen molar-refractivity contribution >= 4 is 5.57 Å². The summed E-state index contributed by atoms with van der Waals surface area (Å²) >= 11 is 0. The maximum atomic E-state index is 2.69. The Hall–Kier alpha value is -8.58. The highest BCUT2D eigenvalue weighted by Gasteiger charge is 2.62. The van der Waals surface area contributed by atoms with Gasteiger partial charge in [0.2, 0.25) is 0 Å². The standard InChI is InChI=1S/C75H46/c1-5-13-61-49(9-1)53-25-17-41-33-65(53)73(61)62-14-6-2-10-50(62)54-26-18-42(34-66(54)73)46-22-30-58-60-32-24-48-40-72(60)75(70(58)38-46)69-37-45(41)21-29-57(69)59-31-23-47(39-71(59)75)43-19-27-55-51-11-3-7-15-63(51)74(67(55)35-43)64-16-8-4-12-52(64)56-28-20-44(48)36-68(56)74/h1-40,49-50,55,61-62,67H. The van der Waals surface area contributed by atoms with Crippen molar-refractivity contribution < 1.29 is 0 Å². The van der Waals surface area contributed by atoms with Crippen molar-refractivity contribution in [3.63, 3.8) is 0 Å². The molecule has 0 fully saturated rings. The molecule has 3 spiro atoms. The van der Waals surface area contributed by atoms with Crippen LogP contribution in [0.25, 0.3) is 72.3 Å². The average Bonchev–Trinajstić information content (AvgIpc) is 4.36. The molecule has 346 valence electrons. The summed E-state index contributed by atoms with van der Waals surface area (Å²) in [6.07, 6.45) is 27.1. The van der Waals surface area contributed by atoms with Crippen LogP contribution in [-0.2, 0) is 16.2 Å². The van der Waals surface area contributed by atoms with E-state index in [1.165, 1.54) is 145 Å². The summed E-state index contributed by atoms with van der Waals surface area (Å²) < 4.78 is 0. The zero-order valence-corrected chi connectivity index (χ0v) is 41.1. The third-order valence-corrected chi connectivity index (χ3v) is 21.2. The largest absolute Gasteiger partial charge is 0.0793 e.